The fraction of sp³-hybridized carbons (Fsp3) is 0.417. The lowest BCUT2D eigenvalue weighted by Gasteiger charge is -2.08. The van der Waals surface area contributed by atoms with Gasteiger partial charge in [0.2, 0.25) is 0 Å². The molecule has 86 valence electrons. The first-order chi connectivity index (χ1) is 7.79. The monoisotopic (exact) mass is 219 g/mol. The van der Waals surface area contributed by atoms with Crippen molar-refractivity contribution in [3.05, 3.63) is 36.4 Å². The van der Waals surface area contributed by atoms with Crippen LogP contribution in [0, 0.1) is 0 Å². The average molecular weight is 219 g/mol. The zero-order valence-corrected chi connectivity index (χ0v) is 9.68. The van der Waals surface area contributed by atoms with Crippen LogP contribution in [0.2, 0.25) is 0 Å². The summed E-state index contributed by atoms with van der Waals surface area (Å²) in [6, 6.07) is 6.25. The molecule has 0 aliphatic rings. The number of rotatable bonds is 5. The van der Waals surface area contributed by atoms with Crippen LogP contribution in [0.25, 0.3) is 0 Å². The van der Waals surface area contributed by atoms with Gasteiger partial charge in [-0.1, -0.05) is 6.92 Å². The van der Waals surface area contributed by atoms with Gasteiger partial charge in [0, 0.05) is 18.3 Å². The summed E-state index contributed by atoms with van der Waals surface area (Å²) in [7, 11) is 0. The summed E-state index contributed by atoms with van der Waals surface area (Å²) in [6.45, 7) is 4.98. The van der Waals surface area contributed by atoms with Gasteiger partial charge < -0.3 is 9.73 Å². The molecule has 0 fully saturated rings. The molecule has 1 atom stereocenters. The quantitative estimate of drug-likeness (QED) is 0.840. The topological polar surface area (TPSA) is 43.0 Å². The molecular weight excluding hydrogens is 202 g/mol. The Labute approximate surface area is 95.3 Å². The van der Waals surface area contributed by atoms with Crippen molar-refractivity contribution in [1.29, 1.82) is 0 Å². The SMILES string of the molecule is CC[C@H](C)n1ccc(NCc2ccco2)n1. The third kappa shape index (κ3) is 2.45. The summed E-state index contributed by atoms with van der Waals surface area (Å²) in [6.07, 6.45) is 4.76. The lowest BCUT2D eigenvalue weighted by Crippen LogP contribution is -2.05. The van der Waals surface area contributed by atoms with Crippen molar-refractivity contribution in [1.82, 2.24) is 9.78 Å². The molecule has 0 aliphatic heterocycles. The molecule has 0 radical (unpaired) electrons. The smallest absolute Gasteiger partial charge is 0.148 e. The van der Waals surface area contributed by atoms with E-state index in [0.717, 1.165) is 18.0 Å². The van der Waals surface area contributed by atoms with Crippen molar-refractivity contribution in [2.24, 2.45) is 0 Å². The maximum Gasteiger partial charge on any atom is 0.148 e. The molecule has 0 saturated heterocycles. The van der Waals surface area contributed by atoms with Crippen LogP contribution in [0.1, 0.15) is 32.1 Å². The van der Waals surface area contributed by atoms with Crippen molar-refractivity contribution in [3.63, 3.8) is 0 Å². The zero-order valence-electron chi connectivity index (χ0n) is 9.68. The number of hydrogen-bond acceptors (Lipinski definition) is 3. The highest BCUT2D eigenvalue weighted by Gasteiger charge is 2.04. The molecule has 2 aromatic rings. The molecule has 2 rings (SSSR count). The molecule has 4 nitrogen and oxygen atoms in total. The van der Waals surface area contributed by atoms with E-state index in [1.165, 1.54) is 0 Å². The molecule has 0 unspecified atom stereocenters. The van der Waals surface area contributed by atoms with Gasteiger partial charge in [0.25, 0.3) is 0 Å². The third-order valence-corrected chi connectivity index (χ3v) is 2.67. The van der Waals surface area contributed by atoms with Crippen LogP contribution < -0.4 is 5.32 Å². The van der Waals surface area contributed by atoms with Gasteiger partial charge in [-0.25, -0.2) is 0 Å². The van der Waals surface area contributed by atoms with Gasteiger partial charge in [0.15, 0.2) is 0 Å². The first-order valence-electron chi connectivity index (χ1n) is 5.61. The fourth-order valence-corrected chi connectivity index (χ4v) is 1.46. The van der Waals surface area contributed by atoms with Crippen LogP contribution >= 0.6 is 0 Å². The highest BCUT2D eigenvalue weighted by Crippen LogP contribution is 2.12. The molecule has 0 aliphatic carbocycles. The van der Waals surface area contributed by atoms with Crippen molar-refractivity contribution >= 4 is 5.82 Å². The van der Waals surface area contributed by atoms with Gasteiger partial charge in [-0.3, -0.25) is 4.68 Å². The summed E-state index contributed by atoms with van der Waals surface area (Å²) in [5.74, 6) is 1.80. The van der Waals surface area contributed by atoms with Crippen molar-refractivity contribution in [2.45, 2.75) is 32.9 Å². The second-order valence-corrected chi connectivity index (χ2v) is 3.87. The minimum atomic E-state index is 0.444. The van der Waals surface area contributed by atoms with Crippen LogP contribution in [0.5, 0.6) is 0 Å². The Morgan fingerprint density at radius 1 is 1.50 bits per heavy atom. The molecular formula is C12H17N3O. The van der Waals surface area contributed by atoms with Gasteiger partial charge in [-0.15, -0.1) is 0 Å². The Hall–Kier alpha value is -1.71. The molecule has 1 N–H and O–H groups in total. The van der Waals surface area contributed by atoms with Crippen molar-refractivity contribution in [3.8, 4) is 0 Å². The molecule has 0 bridgehead atoms. The minimum absolute atomic E-state index is 0.444. The number of furan rings is 1. The second-order valence-electron chi connectivity index (χ2n) is 3.87. The standard InChI is InChI=1S/C12H17N3O/c1-3-10(2)15-7-6-12(14-15)13-9-11-5-4-8-16-11/h4-8,10H,3,9H2,1-2H3,(H,13,14)/t10-/m0/s1. The predicted molar refractivity (Wildman–Crippen MR) is 63.3 cm³/mol. The van der Waals surface area contributed by atoms with E-state index in [-0.39, 0.29) is 0 Å². The fourth-order valence-electron chi connectivity index (χ4n) is 1.46. The highest BCUT2D eigenvalue weighted by molar-refractivity contribution is 5.32. The van der Waals surface area contributed by atoms with E-state index in [1.807, 2.05) is 29.1 Å². The number of nitrogens with one attached hydrogen (secondary N) is 1. The van der Waals surface area contributed by atoms with E-state index >= 15 is 0 Å². The van der Waals surface area contributed by atoms with Gasteiger partial charge in [0.05, 0.1) is 12.8 Å². The Kier molecular flexibility index (Phi) is 3.29. The van der Waals surface area contributed by atoms with E-state index in [9.17, 15) is 0 Å². The van der Waals surface area contributed by atoms with Gasteiger partial charge in [-0.2, -0.15) is 5.10 Å². The zero-order chi connectivity index (χ0) is 11.4. The van der Waals surface area contributed by atoms with Crippen LogP contribution in [0.4, 0.5) is 5.82 Å². The number of hydrogen-bond donors (Lipinski definition) is 1. The molecule has 0 spiro atoms. The largest absolute Gasteiger partial charge is 0.467 e. The van der Waals surface area contributed by atoms with E-state index in [0.29, 0.717) is 12.6 Å². The van der Waals surface area contributed by atoms with Gasteiger partial charge >= 0.3 is 0 Å². The Bertz CT molecular complexity index is 419. The molecule has 16 heavy (non-hydrogen) atoms. The summed E-state index contributed by atoms with van der Waals surface area (Å²) in [4.78, 5) is 0. The van der Waals surface area contributed by atoms with Crippen LogP contribution in [0.15, 0.2) is 35.1 Å². The van der Waals surface area contributed by atoms with Crippen molar-refractivity contribution < 1.29 is 4.42 Å². The molecule has 0 saturated carbocycles. The summed E-state index contributed by atoms with van der Waals surface area (Å²) in [5, 5.41) is 7.67. The van der Waals surface area contributed by atoms with Crippen LogP contribution in [0.3, 0.4) is 0 Å². The Morgan fingerprint density at radius 3 is 3.06 bits per heavy atom. The summed E-state index contributed by atoms with van der Waals surface area (Å²) < 4.78 is 7.21. The third-order valence-electron chi connectivity index (χ3n) is 2.67. The highest BCUT2D eigenvalue weighted by atomic mass is 16.3. The van der Waals surface area contributed by atoms with Crippen LogP contribution in [-0.2, 0) is 6.54 Å². The Morgan fingerprint density at radius 2 is 2.38 bits per heavy atom. The van der Waals surface area contributed by atoms with Crippen LogP contribution in [-0.4, -0.2) is 9.78 Å². The second kappa shape index (κ2) is 4.88. The molecule has 0 aromatic carbocycles. The minimum Gasteiger partial charge on any atom is -0.467 e. The molecule has 0 amide bonds. The van der Waals surface area contributed by atoms with Gasteiger partial charge in [-0.05, 0) is 25.5 Å². The summed E-state index contributed by atoms with van der Waals surface area (Å²) in [5.41, 5.74) is 0. The maximum atomic E-state index is 5.23. The lowest BCUT2D eigenvalue weighted by atomic mass is 10.3. The number of anilines is 1. The van der Waals surface area contributed by atoms with E-state index in [2.05, 4.69) is 24.3 Å². The van der Waals surface area contributed by atoms with Crippen molar-refractivity contribution in [2.75, 3.05) is 5.32 Å². The van der Waals surface area contributed by atoms with E-state index in [4.69, 9.17) is 4.42 Å². The van der Waals surface area contributed by atoms with E-state index in [1.54, 1.807) is 6.26 Å². The number of nitrogens with zero attached hydrogens (tertiary/aromatic N) is 2. The summed E-state index contributed by atoms with van der Waals surface area (Å²) >= 11 is 0. The average Bonchev–Trinajstić information content (AvgIpc) is 2.96. The first kappa shape index (κ1) is 10.8. The van der Waals surface area contributed by atoms with E-state index < -0.39 is 0 Å². The number of aromatic nitrogens is 2. The Balaban J connectivity index is 1.93. The normalized spacial score (nSPS) is 12.6. The molecule has 2 aromatic heterocycles. The predicted octanol–water partition coefficient (Wildman–Crippen LogP) is 3.06. The maximum absolute atomic E-state index is 5.23. The molecule has 4 heteroatoms. The molecule has 2 heterocycles. The first-order valence-corrected chi connectivity index (χ1v) is 5.61. The van der Waals surface area contributed by atoms with Gasteiger partial charge in [0.1, 0.15) is 11.6 Å². The lowest BCUT2D eigenvalue weighted by molar-refractivity contribution is 0.478.